The first kappa shape index (κ1) is 18.2. The first-order chi connectivity index (χ1) is 13.6. The zero-order valence-corrected chi connectivity index (χ0v) is 15.4. The third-order valence-electron chi connectivity index (χ3n) is 4.80. The van der Waals surface area contributed by atoms with Crippen LogP contribution in [0.2, 0.25) is 0 Å². The normalized spacial score (nSPS) is 14.5. The van der Waals surface area contributed by atoms with Gasteiger partial charge in [-0.15, -0.1) is 10.2 Å². The van der Waals surface area contributed by atoms with Crippen LogP contribution in [0.15, 0.2) is 52.9 Å². The molecule has 0 bridgehead atoms. The topological polar surface area (TPSA) is 77.3 Å². The van der Waals surface area contributed by atoms with E-state index < -0.39 is 0 Å². The molecule has 1 amide bonds. The Hall–Kier alpha value is -3.22. The maximum Gasteiger partial charge on any atom is 0.247 e. The summed E-state index contributed by atoms with van der Waals surface area (Å²) in [5.74, 6) is 0.948. The Bertz CT molecular complexity index is 967. The average Bonchev–Trinajstić information content (AvgIpc) is 3.43. The van der Waals surface area contributed by atoms with Crippen LogP contribution in [-0.4, -0.2) is 23.2 Å². The van der Waals surface area contributed by atoms with Gasteiger partial charge in [0.2, 0.25) is 17.7 Å². The molecule has 3 aromatic rings. The summed E-state index contributed by atoms with van der Waals surface area (Å²) in [5.41, 5.74) is 1.57. The predicted molar refractivity (Wildman–Crippen MR) is 100.0 cm³/mol. The van der Waals surface area contributed by atoms with Crippen molar-refractivity contribution in [2.24, 2.45) is 5.92 Å². The molecular formula is C21H20FN3O3. The Morgan fingerprint density at radius 1 is 1.25 bits per heavy atom. The number of nitrogens with zero attached hydrogens (tertiary/aromatic N) is 2. The number of hydrogen-bond donors (Lipinski definition) is 1. The van der Waals surface area contributed by atoms with Gasteiger partial charge < -0.3 is 14.5 Å². The van der Waals surface area contributed by atoms with Gasteiger partial charge in [-0.05, 0) is 54.7 Å². The highest BCUT2D eigenvalue weighted by atomic mass is 19.1. The van der Waals surface area contributed by atoms with E-state index in [1.54, 1.807) is 25.3 Å². The number of methoxy groups -OCH3 is 1. The summed E-state index contributed by atoms with van der Waals surface area (Å²) in [6, 6.07) is 13.4. The number of aromatic nitrogens is 2. The minimum absolute atomic E-state index is 0.116. The minimum atomic E-state index is -0.311. The van der Waals surface area contributed by atoms with Crippen molar-refractivity contribution in [3.05, 3.63) is 65.8 Å². The molecule has 1 unspecified atom stereocenters. The standard InChI is InChI=1S/C21H20FN3O3/c1-27-17-4-2-3-15(11-17)21-25-24-18(28-21)12-23-20(26)19(13-5-6-13)14-7-9-16(22)10-8-14/h2-4,7-11,13,19H,5-6,12H2,1H3,(H,23,26). The Balaban J connectivity index is 1.43. The molecule has 144 valence electrons. The molecule has 0 aliphatic heterocycles. The highest BCUT2D eigenvalue weighted by molar-refractivity contribution is 5.84. The van der Waals surface area contributed by atoms with Crippen molar-refractivity contribution < 1.29 is 18.3 Å². The highest BCUT2D eigenvalue weighted by Crippen LogP contribution is 2.42. The largest absolute Gasteiger partial charge is 0.497 e. The van der Waals surface area contributed by atoms with E-state index in [2.05, 4.69) is 15.5 Å². The summed E-state index contributed by atoms with van der Waals surface area (Å²) < 4.78 is 24.0. The van der Waals surface area contributed by atoms with Gasteiger partial charge in [0, 0.05) is 5.56 Å². The fourth-order valence-electron chi connectivity index (χ4n) is 3.21. The molecule has 1 aliphatic rings. The van der Waals surface area contributed by atoms with E-state index in [-0.39, 0.29) is 24.2 Å². The summed E-state index contributed by atoms with van der Waals surface area (Å²) in [4.78, 5) is 12.7. The lowest BCUT2D eigenvalue weighted by molar-refractivity contribution is -0.123. The number of carbonyl (C=O) groups is 1. The van der Waals surface area contributed by atoms with Gasteiger partial charge in [-0.2, -0.15) is 0 Å². The van der Waals surface area contributed by atoms with Crippen LogP contribution < -0.4 is 10.1 Å². The number of ether oxygens (including phenoxy) is 1. The van der Waals surface area contributed by atoms with E-state index in [0.29, 0.717) is 23.4 Å². The van der Waals surface area contributed by atoms with Crippen molar-refractivity contribution in [3.63, 3.8) is 0 Å². The molecule has 1 saturated carbocycles. The van der Waals surface area contributed by atoms with Crippen LogP contribution in [0, 0.1) is 11.7 Å². The molecular weight excluding hydrogens is 361 g/mol. The second-order valence-corrected chi connectivity index (χ2v) is 6.82. The molecule has 7 heteroatoms. The van der Waals surface area contributed by atoms with Gasteiger partial charge in [0.1, 0.15) is 11.6 Å². The highest BCUT2D eigenvalue weighted by Gasteiger charge is 2.37. The monoisotopic (exact) mass is 381 g/mol. The number of nitrogens with one attached hydrogen (secondary N) is 1. The summed E-state index contributed by atoms with van der Waals surface area (Å²) in [7, 11) is 1.59. The molecule has 2 aromatic carbocycles. The fourth-order valence-corrected chi connectivity index (χ4v) is 3.21. The van der Waals surface area contributed by atoms with Crippen molar-refractivity contribution in [1.82, 2.24) is 15.5 Å². The number of benzene rings is 2. The second kappa shape index (κ2) is 7.80. The first-order valence-electron chi connectivity index (χ1n) is 9.14. The zero-order chi connectivity index (χ0) is 19.5. The summed E-state index contributed by atoms with van der Waals surface area (Å²) >= 11 is 0. The molecule has 6 nitrogen and oxygen atoms in total. The van der Waals surface area contributed by atoms with Crippen molar-refractivity contribution in [2.45, 2.75) is 25.3 Å². The lowest BCUT2D eigenvalue weighted by Crippen LogP contribution is -2.30. The first-order valence-corrected chi connectivity index (χ1v) is 9.14. The molecule has 1 atom stereocenters. The molecule has 4 rings (SSSR count). The van der Waals surface area contributed by atoms with Crippen LogP contribution in [-0.2, 0) is 11.3 Å². The zero-order valence-electron chi connectivity index (χ0n) is 15.4. The summed E-state index contributed by atoms with van der Waals surface area (Å²) in [6.07, 6.45) is 1.99. The van der Waals surface area contributed by atoms with Gasteiger partial charge in [0.25, 0.3) is 0 Å². The number of carbonyl (C=O) groups excluding carboxylic acids is 1. The summed E-state index contributed by atoms with van der Waals surface area (Å²) in [6.45, 7) is 0.139. The molecule has 28 heavy (non-hydrogen) atoms. The maximum absolute atomic E-state index is 13.2. The molecule has 1 aromatic heterocycles. The van der Waals surface area contributed by atoms with Gasteiger partial charge in [-0.3, -0.25) is 4.79 Å². The number of hydrogen-bond acceptors (Lipinski definition) is 5. The minimum Gasteiger partial charge on any atom is -0.497 e. The van der Waals surface area contributed by atoms with Crippen molar-refractivity contribution >= 4 is 5.91 Å². The van der Waals surface area contributed by atoms with Crippen molar-refractivity contribution in [3.8, 4) is 17.2 Å². The number of halogens is 1. The quantitative estimate of drug-likeness (QED) is 0.675. The predicted octanol–water partition coefficient (Wildman–Crippen LogP) is 3.69. The van der Waals surface area contributed by atoms with E-state index in [1.807, 2.05) is 18.2 Å². The summed E-state index contributed by atoms with van der Waals surface area (Å²) in [5, 5.41) is 10.9. The second-order valence-electron chi connectivity index (χ2n) is 6.82. The van der Waals surface area contributed by atoms with E-state index in [9.17, 15) is 9.18 Å². The van der Waals surface area contributed by atoms with Crippen LogP contribution in [0.3, 0.4) is 0 Å². The number of amides is 1. The lowest BCUT2D eigenvalue weighted by Gasteiger charge is -2.16. The average molecular weight is 381 g/mol. The smallest absolute Gasteiger partial charge is 0.247 e. The van der Waals surface area contributed by atoms with Crippen molar-refractivity contribution in [1.29, 1.82) is 0 Å². The van der Waals surface area contributed by atoms with Gasteiger partial charge >= 0.3 is 0 Å². The molecule has 0 radical (unpaired) electrons. The van der Waals surface area contributed by atoms with Crippen LogP contribution in [0.25, 0.3) is 11.5 Å². The fraction of sp³-hybridized carbons (Fsp3) is 0.286. The van der Waals surface area contributed by atoms with Crippen LogP contribution in [0.4, 0.5) is 4.39 Å². The third kappa shape index (κ3) is 4.03. The Kier molecular flexibility index (Phi) is 5.06. The van der Waals surface area contributed by atoms with E-state index in [0.717, 1.165) is 24.0 Å². The van der Waals surface area contributed by atoms with E-state index >= 15 is 0 Å². The van der Waals surface area contributed by atoms with Crippen molar-refractivity contribution in [2.75, 3.05) is 7.11 Å². The Labute approximate surface area is 161 Å². The lowest BCUT2D eigenvalue weighted by atomic mass is 9.93. The van der Waals surface area contributed by atoms with E-state index in [4.69, 9.17) is 9.15 Å². The molecule has 0 saturated heterocycles. The maximum atomic E-state index is 13.2. The van der Waals surface area contributed by atoms with Gasteiger partial charge in [-0.1, -0.05) is 18.2 Å². The Morgan fingerprint density at radius 2 is 2.04 bits per heavy atom. The Morgan fingerprint density at radius 3 is 2.75 bits per heavy atom. The molecule has 1 aliphatic carbocycles. The number of rotatable bonds is 7. The molecule has 1 heterocycles. The SMILES string of the molecule is COc1cccc(-c2nnc(CNC(=O)C(c3ccc(F)cc3)C3CC3)o2)c1. The molecule has 1 N–H and O–H groups in total. The van der Waals surface area contributed by atoms with Crippen LogP contribution in [0.5, 0.6) is 5.75 Å². The van der Waals surface area contributed by atoms with Crippen LogP contribution >= 0.6 is 0 Å². The van der Waals surface area contributed by atoms with Gasteiger partial charge in [0.15, 0.2) is 0 Å². The van der Waals surface area contributed by atoms with Crippen LogP contribution in [0.1, 0.15) is 30.2 Å². The van der Waals surface area contributed by atoms with E-state index in [1.165, 1.54) is 12.1 Å². The van der Waals surface area contributed by atoms with Gasteiger partial charge in [0.05, 0.1) is 19.6 Å². The third-order valence-corrected chi connectivity index (χ3v) is 4.80. The van der Waals surface area contributed by atoms with Gasteiger partial charge in [-0.25, -0.2) is 4.39 Å². The molecule has 0 spiro atoms. The molecule has 1 fully saturated rings.